The number of primary amides is 1. The maximum Gasteiger partial charge on any atom is 0.240 e. The highest BCUT2D eigenvalue weighted by Gasteiger charge is 2.58. The summed E-state index contributed by atoms with van der Waals surface area (Å²) in [4.78, 5) is 37.6. The number of hydrogen-bond donors (Lipinski definition) is 1. The van der Waals surface area contributed by atoms with Crippen LogP contribution in [0.5, 0.6) is 0 Å². The minimum absolute atomic E-state index is 0.154. The van der Waals surface area contributed by atoms with E-state index in [-0.39, 0.29) is 35.5 Å². The zero-order valence-electron chi connectivity index (χ0n) is 10.9. The van der Waals surface area contributed by atoms with Gasteiger partial charge >= 0.3 is 0 Å². The van der Waals surface area contributed by atoms with Crippen LogP contribution in [0.3, 0.4) is 0 Å². The molecule has 4 aliphatic rings. The molecule has 0 aromatic carbocycles. The fourth-order valence-electron chi connectivity index (χ4n) is 3.92. The third-order valence-electron chi connectivity index (χ3n) is 4.82. The van der Waals surface area contributed by atoms with Gasteiger partial charge in [0.05, 0.1) is 11.8 Å². The molecule has 1 heterocycles. The van der Waals surface area contributed by atoms with Crippen molar-refractivity contribution in [2.75, 3.05) is 0 Å². The number of likely N-dealkylation sites (tertiary alicyclic amines) is 1. The predicted molar refractivity (Wildman–Crippen MR) is 67.5 cm³/mol. The first-order valence-electron chi connectivity index (χ1n) is 6.90. The number of carbonyl (C=O) groups excluding carboxylic acids is 3. The normalized spacial score (nSPS) is 37.6. The molecular weight excluding hydrogens is 244 g/mol. The quantitative estimate of drug-likeness (QED) is 0.592. The minimum atomic E-state index is -0.787. The molecule has 1 aliphatic heterocycles. The van der Waals surface area contributed by atoms with Crippen LogP contribution in [0.2, 0.25) is 0 Å². The van der Waals surface area contributed by atoms with E-state index in [0.717, 1.165) is 17.7 Å². The van der Waals surface area contributed by atoms with Gasteiger partial charge in [-0.15, -0.1) is 0 Å². The van der Waals surface area contributed by atoms with E-state index in [1.165, 1.54) is 0 Å². The van der Waals surface area contributed by atoms with Crippen molar-refractivity contribution in [3.8, 4) is 0 Å². The molecule has 5 nitrogen and oxygen atoms in total. The van der Waals surface area contributed by atoms with Gasteiger partial charge in [-0.05, 0) is 31.1 Å². The summed E-state index contributed by atoms with van der Waals surface area (Å²) >= 11 is 0. The average Bonchev–Trinajstić information content (AvgIpc) is 2.68. The first-order valence-corrected chi connectivity index (χ1v) is 6.90. The molecule has 0 aromatic rings. The van der Waals surface area contributed by atoms with Crippen molar-refractivity contribution in [3.05, 3.63) is 12.2 Å². The van der Waals surface area contributed by atoms with E-state index in [1.807, 2.05) is 0 Å². The van der Waals surface area contributed by atoms with Gasteiger partial charge in [0.2, 0.25) is 17.7 Å². The molecule has 4 rings (SSSR count). The van der Waals surface area contributed by atoms with Gasteiger partial charge in [-0.1, -0.05) is 19.1 Å². The Morgan fingerprint density at radius 3 is 2.05 bits per heavy atom. The van der Waals surface area contributed by atoms with Crippen molar-refractivity contribution in [2.24, 2.45) is 29.4 Å². The van der Waals surface area contributed by atoms with E-state index >= 15 is 0 Å². The van der Waals surface area contributed by atoms with Crippen molar-refractivity contribution >= 4 is 17.7 Å². The molecule has 5 atom stereocenters. The van der Waals surface area contributed by atoms with Crippen LogP contribution in [0, 0.1) is 23.7 Å². The fraction of sp³-hybridized carbons (Fsp3) is 0.643. The summed E-state index contributed by atoms with van der Waals surface area (Å²) in [5.41, 5.74) is 5.33. The molecule has 2 bridgehead atoms. The first kappa shape index (κ1) is 12.4. The lowest BCUT2D eigenvalue weighted by Gasteiger charge is -2.38. The van der Waals surface area contributed by atoms with Gasteiger partial charge in [-0.2, -0.15) is 0 Å². The van der Waals surface area contributed by atoms with Gasteiger partial charge in [0.15, 0.2) is 0 Å². The van der Waals surface area contributed by atoms with Crippen molar-refractivity contribution in [2.45, 2.75) is 32.2 Å². The summed E-state index contributed by atoms with van der Waals surface area (Å²) < 4.78 is 0. The van der Waals surface area contributed by atoms with Crippen molar-refractivity contribution < 1.29 is 14.4 Å². The van der Waals surface area contributed by atoms with Crippen LogP contribution >= 0.6 is 0 Å². The third-order valence-corrected chi connectivity index (χ3v) is 4.82. The van der Waals surface area contributed by atoms with Crippen molar-refractivity contribution in [1.82, 2.24) is 4.90 Å². The molecule has 19 heavy (non-hydrogen) atoms. The van der Waals surface area contributed by atoms with Crippen molar-refractivity contribution in [1.29, 1.82) is 0 Å². The zero-order chi connectivity index (χ0) is 13.7. The van der Waals surface area contributed by atoms with Gasteiger partial charge in [-0.3, -0.25) is 19.3 Å². The fourth-order valence-corrected chi connectivity index (χ4v) is 3.92. The van der Waals surface area contributed by atoms with Gasteiger partial charge in [-0.25, -0.2) is 0 Å². The number of amides is 3. The molecule has 0 radical (unpaired) electrons. The summed E-state index contributed by atoms with van der Waals surface area (Å²) in [5, 5.41) is 0. The van der Waals surface area contributed by atoms with Crippen LogP contribution in [0.25, 0.3) is 0 Å². The van der Waals surface area contributed by atoms with Crippen LogP contribution in [-0.2, 0) is 14.4 Å². The number of allylic oxidation sites excluding steroid dienone is 2. The van der Waals surface area contributed by atoms with E-state index in [9.17, 15) is 14.4 Å². The summed E-state index contributed by atoms with van der Waals surface area (Å²) in [6.45, 7) is 1.77. The highest BCUT2D eigenvalue weighted by molar-refractivity contribution is 6.08. The number of hydrogen-bond acceptors (Lipinski definition) is 3. The largest absolute Gasteiger partial charge is 0.368 e. The molecule has 2 fully saturated rings. The molecule has 3 aliphatic carbocycles. The Balaban J connectivity index is 1.97. The van der Waals surface area contributed by atoms with Crippen LogP contribution < -0.4 is 5.73 Å². The van der Waals surface area contributed by atoms with Crippen LogP contribution in [-0.4, -0.2) is 28.7 Å². The first-order chi connectivity index (χ1) is 9.06. The van der Waals surface area contributed by atoms with E-state index in [4.69, 9.17) is 5.73 Å². The molecule has 1 saturated carbocycles. The third kappa shape index (κ3) is 1.57. The van der Waals surface area contributed by atoms with Crippen LogP contribution in [0.1, 0.15) is 26.2 Å². The number of fused-ring (bicyclic) bond motifs is 1. The lowest BCUT2D eigenvalue weighted by Crippen LogP contribution is -2.48. The Kier molecular flexibility index (Phi) is 2.73. The number of rotatable bonds is 3. The molecule has 3 amide bonds. The predicted octanol–water partition coefficient (Wildman–Crippen LogP) is 0.447. The Morgan fingerprint density at radius 2 is 1.74 bits per heavy atom. The number of carbonyl (C=O) groups is 3. The number of imide groups is 1. The highest BCUT2D eigenvalue weighted by atomic mass is 16.2. The highest BCUT2D eigenvalue weighted by Crippen LogP contribution is 2.50. The average molecular weight is 262 g/mol. The Hall–Kier alpha value is -1.65. The second-order valence-electron chi connectivity index (χ2n) is 5.71. The van der Waals surface area contributed by atoms with Gasteiger partial charge in [0.25, 0.3) is 0 Å². The van der Waals surface area contributed by atoms with E-state index in [1.54, 1.807) is 6.92 Å². The molecule has 0 spiro atoms. The summed E-state index contributed by atoms with van der Waals surface area (Å²) in [7, 11) is 0. The second-order valence-corrected chi connectivity index (χ2v) is 5.71. The second kappa shape index (κ2) is 4.18. The topological polar surface area (TPSA) is 80.5 Å². The lowest BCUT2D eigenvalue weighted by atomic mass is 9.63. The lowest BCUT2D eigenvalue weighted by molar-refractivity contribution is -0.147. The Morgan fingerprint density at radius 1 is 1.26 bits per heavy atom. The molecule has 0 aromatic heterocycles. The monoisotopic (exact) mass is 262 g/mol. The van der Waals surface area contributed by atoms with E-state index < -0.39 is 11.9 Å². The molecule has 5 heteroatoms. The molecule has 0 unspecified atom stereocenters. The Bertz CT molecular complexity index is 453. The number of nitrogens with two attached hydrogens (primary N) is 1. The Labute approximate surface area is 111 Å². The SMILES string of the molecule is CC[C@H](C(N)=O)N1C(=O)[C@@H]2[C@H](C1=O)[C@H]1C=C[C@H]2CC1. The summed E-state index contributed by atoms with van der Waals surface area (Å²) in [6.07, 6.45) is 6.44. The molecular formula is C14H18N2O3. The minimum Gasteiger partial charge on any atom is -0.368 e. The standard InChI is InChI=1S/C14H18N2O3/c1-2-9(12(15)17)16-13(18)10-7-3-4-8(6-5-7)11(10)14(16)19/h3-4,7-11H,2,5-6H2,1H3,(H2,15,17)/t7-,8-,9+,10-,11+/m0/s1. The zero-order valence-corrected chi connectivity index (χ0v) is 10.9. The van der Waals surface area contributed by atoms with Gasteiger partial charge in [0.1, 0.15) is 6.04 Å². The smallest absolute Gasteiger partial charge is 0.240 e. The number of nitrogens with zero attached hydrogens (tertiary/aromatic N) is 1. The van der Waals surface area contributed by atoms with Gasteiger partial charge < -0.3 is 5.73 Å². The molecule has 1 saturated heterocycles. The summed E-state index contributed by atoms with van der Waals surface area (Å²) in [5.74, 6) is -1.19. The maximum atomic E-state index is 12.5. The summed E-state index contributed by atoms with van der Waals surface area (Å²) in [6, 6.07) is -0.787. The molecule has 2 N–H and O–H groups in total. The van der Waals surface area contributed by atoms with E-state index in [0.29, 0.717) is 6.42 Å². The van der Waals surface area contributed by atoms with Crippen LogP contribution in [0.15, 0.2) is 12.2 Å². The van der Waals surface area contributed by atoms with Gasteiger partial charge in [0, 0.05) is 0 Å². The van der Waals surface area contributed by atoms with E-state index in [2.05, 4.69) is 12.2 Å². The van der Waals surface area contributed by atoms with Crippen molar-refractivity contribution in [3.63, 3.8) is 0 Å². The van der Waals surface area contributed by atoms with Crippen LogP contribution in [0.4, 0.5) is 0 Å². The maximum absolute atomic E-state index is 12.5. The molecule has 102 valence electrons.